The zero-order valence-corrected chi connectivity index (χ0v) is 13.7. The molecule has 1 fully saturated rings. The molecule has 0 bridgehead atoms. The van der Waals surface area contributed by atoms with Gasteiger partial charge in [0.05, 0.1) is 6.42 Å². The van der Waals surface area contributed by atoms with Gasteiger partial charge in [-0.1, -0.05) is 31.5 Å². The topological polar surface area (TPSA) is 49.4 Å². The van der Waals surface area contributed by atoms with Crippen LogP contribution in [-0.4, -0.2) is 36.3 Å². The molecule has 126 valence electrons. The number of hydrogen-bond acceptors (Lipinski definition) is 2. The molecule has 0 atom stereocenters. The van der Waals surface area contributed by atoms with Gasteiger partial charge in [-0.05, 0) is 30.9 Å². The fraction of sp³-hybridized carbons (Fsp3) is 0.556. The number of hydrogen-bond donors (Lipinski definition) is 1. The van der Waals surface area contributed by atoms with Crippen LogP contribution in [0.1, 0.15) is 38.2 Å². The van der Waals surface area contributed by atoms with E-state index in [9.17, 15) is 14.0 Å². The van der Waals surface area contributed by atoms with E-state index in [1.54, 1.807) is 23.1 Å². The lowest BCUT2D eigenvalue weighted by Gasteiger charge is -2.31. The minimum atomic E-state index is -0.342. The molecule has 1 heterocycles. The van der Waals surface area contributed by atoms with Crippen molar-refractivity contribution in [3.05, 3.63) is 35.6 Å². The number of unbranched alkanes of at least 4 members (excludes halogenated alkanes) is 1. The first-order valence-electron chi connectivity index (χ1n) is 8.40. The number of rotatable bonds is 6. The molecular formula is C18H25FN2O2. The van der Waals surface area contributed by atoms with E-state index < -0.39 is 0 Å². The Bertz CT molecular complexity index is 540. The molecule has 1 saturated heterocycles. The highest BCUT2D eigenvalue weighted by Crippen LogP contribution is 2.19. The first-order chi connectivity index (χ1) is 11.1. The van der Waals surface area contributed by atoms with Gasteiger partial charge in [-0.3, -0.25) is 9.59 Å². The van der Waals surface area contributed by atoms with Crippen molar-refractivity contribution < 1.29 is 14.0 Å². The Morgan fingerprint density at radius 3 is 2.61 bits per heavy atom. The number of likely N-dealkylation sites (tertiary alicyclic amines) is 1. The van der Waals surface area contributed by atoms with E-state index in [0.717, 1.165) is 19.4 Å². The van der Waals surface area contributed by atoms with Crippen molar-refractivity contribution in [1.82, 2.24) is 10.2 Å². The first-order valence-corrected chi connectivity index (χ1v) is 8.40. The average Bonchev–Trinajstić information content (AvgIpc) is 2.57. The van der Waals surface area contributed by atoms with E-state index in [4.69, 9.17) is 0 Å². The zero-order valence-electron chi connectivity index (χ0n) is 13.7. The molecule has 1 aliphatic heterocycles. The van der Waals surface area contributed by atoms with E-state index in [-0.39, 0.29) is 30.0 Å². The molecule has 0 radical (unpaired) electrons. The highest BCUT2D eigenvalue weighted by atomic mass is 19.1. The van der Waals surface area contributed by atoms with E-state index in [2.05, 4.69) is 12.2 Å². The quantitative estimate of drug-likeness (QED) is 0.819. The van der Waals surface area contributed by atoms with Crippen LogP contribution in [0.5, 0.6) is 0 Å². The van der Waals surface area contributed by atoms with Crippen molar-refractivity contribution in [2.45, 2.75) is 39.0 Å². The SMILES string of the molecule is CCCCNC(=O)C1CCN(C(=O)Cc2ccccc2F)CC1. The summed E-state index contributed by atoms with van der Waals surface area (Å²) >= 11 is 0. The van der Waals surface area contributed by atoms with Gasteiger partial charge in [0.1, 0.15) is 5.82 Å². The number of piperidine rings is 1. The summed E-state index contributed by atoms with van der Waals surface area (Å²) in [7, 11) is 0. The molecule has 0 aromatic heterocycles. The van der Waals surface area contributed by atoms with Crippen LogP contribution in [0.3, 0.4) is 0 Å². The third-order valence-electron chi connectivity index (χ3n) is 4.35. The lowest BCUT2D eigenvalue weighted by Crippen LogP contribution is -2.43. The van der Waals surface area contributed by atoms with Gasteiger partial charge in [0, 0.05) is 25.6 Å². The Kier molecular flexibility index (Phi) is 6.56. The van der Waals surface area contributed by atoms with E-state index in [1.807, 2.05) is 0 Å². The Morgan fingerprint density at radius 2 is 1.96 bits per heavy atom. The van der Waals surface area contributed by atoms with Crippen molar-refractivity contribution in [1.29, 1.82) is 0 Å². The van der Waals surface area contributed by atoms with Gasteiger partial charge in [0.2, 0.25) is 11.8 Å². The fourth-order valence-corrected chi connectivity index (χ4v) is 2.84. The molecule has 4 nitrogen and oxygen atoms in total. The van der Waals surface area contributed by atoms with Crippen LogP contribution >= 0.6 is 0 Å². The number of carbonyl (C=O) groups is 2. The maximum absolute atomic E-state index is 13.6. The summed E-state index contributed by atoms with van der Waals surface area (Å²) in [6, 6.07) is 6.36. The molecule has 0 saturated carbocycles. The molecule has 5 heteroatoms. The van der Waals surface area contributed by atoms with Crippen LogP contribution in [0.2, 0.25) is 0 Å². The molecule has 2 rings (SSSR count). The van der Waals surface area contributed by atoms with E-state index in [1.165, 1.54) is 6.07 Å². The maximum atomic E-state index is 13.6. The second-order valence-corrected chi connectivity index (χ2v) is 6.07. The number of nitrogens with one attached hydrogen (secondary N) is 1. The lowest BCUT2D eigenvalue weighted by molar-refractivity contribution is -0.135. The Hall–Kier alpha value is -1.91. The maximum Gasteiger partial charge on any atom is 0.227 e. The smallest absolute Gasteiger partial charge is 0.227 e. The second kappa shape index (κ2) is 8.65. The van der Waals surface area contributed by atoms with Gasteiger partial charge in [-0.15, -0.1) is 0 Å². The molecular weight excluding hydrogens is 295 g/mol. The van der Waals surface area contributed by atoms with E-state index >= 15 is 0 Å². The predicted octanol–water partition coefficient (Wildman–Crippen LogP) is 2.52. The van der Waals surface area contributed by atoms with Crippen molar-refractivity contribution in [3.8, 4) is 0 Å². The highest BCUT2D eigenvalue weighted by Gasteiger charge is 2.27. The van der Waals surface area contributed by atoms with Crippen LogP contribution < -0.4 is 5.32 Å². The fourth-order valence-electron chi connectivity index (χ4n) is 2.84. The third kappa shape index (κ3) is 5.05. The zero-order chi connectivity index (χ0) is 16.7. The number of amides is 2. The Balaban J connectivity index is 1.78. The number of benzene rings is 1. The van der Waals surface area contributed by atoms with Crippen molar-refractivity contribution >= 4 is 11.8 Å². The standard InChI is InChI=1S/C18H25FN2O2/c1-2-3-10-20-18(23)14-8-11-21(12-9-14)17(22)13-15-6-4-5-7-16(15)19/h4-7,14H,2-3,8-13H2,1H3,(H,20,23). The molecule has 0 aliphatic carbocycles. The number of halogens is 1. The van der Waals surface area contributed by atoms with Crippen LogP contribution in [0.4, 0.5) is 4.39 Å². The Labute approximate surface area is 137 Å². The summed E-state index contributed by atoms with van der Waals surface area (Å²) in [5.74, 6) is -0.324. The number of nitrogens with zero attached hydrogens (tertiary/aromatic N) is 1. The van der Waals surface area contributed by atoms with Crippen molar-refractivity contribution in [3.63, 3.8) is 0 Å². The van der Waals surface area contributed by atoms with Gasteiger partial charge >= 0.3 is 0 Å². The summed E-state index contributed by atoms with van der Waals surface area (Å²) in [6.45, 7) is 3.95. The molecule has 1 aliphatic rings. The summed E-state index contributed by atoms with van der Waals surface area (Å²) in [5.41, 5.74) is 0.428. The van der Waals surface area contributed by atoms with Crippen molar-refractivity contribution in [2.24, 2.45) is 5.92 Å². The molecule has 1 aromatic carbocycles. The summed E-state index contributed by atoms with van der Waals surface area (Å²) in [5, 5.41) is 2.95. The first kappa shape index (κ1) is 17.4. The second-order valence-electron chi connectivity index (χ2n) is 6.07. The van der Waals surface area contributed by atoms with Crippen LogP contribution in [0.15, 0.2) is 24.3 Å². The van der Waals surface area contributed by atoms with Gasteiger partial charge in [-0.2, -0.15) is 0 Å². The Morgan fingerprint density at radius 1 is 1.26 bits per heavy atom. The summed E-state index contributed by atoms with van der Waals surface area (Å²) < 4.78 is 13.6. The van der Waals surface area contributed by atoms with Crippen molar-refractivity contribution in [2.75, 3.05) is 19.6 Å². The molecule has 1 aromatic rings. The normalized spacial score (nSPS) is 15.5. The predicted molar refractivity (Wildman–Crippen MR) is 87.3 cm³/mol. The summed E-state index contributed by atoms with van der Waals surface area (Å²) in [4.78, 5) is 26.0. The molecule has 0 unspecified atom stereocenters. The van der Waals surface area contributed by atoms with Crippen LogP contribution in [0, 0.1) is 11.7 Å². The molecule has 2 amide bonds. The van der Waals surface area contributed by atoms with Gasteiger partial charge in [0.25, 0.3) is 0 Å². The van der Waals surface area contributed by atoms with Gasteiger partial charge in [-0.25, -0.2) is 4.39 Å². The molecule has 1 N–H and O–H groups in total. The summed E-state index contributed by atoms with van der Waals surface area (Å²) in [6.07, 6.45) is 3.50. The van der Waals surface area contributed by atoms with Crippen LogP contribution in [-0.2, 0) is 16.0 Å². The van der Waals surface area contributed by atoms with Crippen LogP contribution in [0.25, 0.3) is 0 Å². The van der Waals surface area contributed by atoms with Gasteiger partial charge < -0.3 is 10.2 Å². The third-order valence-corrected chi connectivity index (χ3v) is 4.35. The number of carbonyl (C=O) groups excluding carboxylic acids is 2. The monoisotopic (exact) mass is 320 g/mol. The van der Waals surface area contributed by atoms with Gasteiger partial charge in [0.15, 0.2) is 0 Å². The minimum Gasteiger partial charge on any atom is -0.356 e. The van der Waals surface area contributed by atoms with E-state index in [0.29, 0.717) is 31.5 Å². The molecule has 23 heavy (non-hydrogen) atoms. The average molecular weight is 320 g/mol. The largest absolute Gasteiger partial charge is 0.356 e. The minimum absolute atomic E-state index is 0.00984. The highest BCUT2D eigenvalue weighted by molar-refractivity contribution is 5.81. The molecule has 0 spiro atoms. The lowest BCUT2D eigenvalue weighted by atomic mass is 9.95.